The van der Waals surface area contributed by atoms with E-state index in [2.05, 4.69) is 4.99 Å². The molecule has 0 spiro atoms. The topological polar surface area (TPSA) is 75.8 Å². The third kappa shape index (κ3) is 3.21. The van der Waals surface area contributed by atoms with E-state index in [0.29, 0.717) is 5.56 Å². The summed E-state index contributed by atoms with van der Waals surface area (Å²) in [6.45, 7) is 1.77. The summed E-state index contributed by atoms with van der Waals surface area (Å²) in [5.74, 6) is -0.0688. The third-order valence-electron chi connectivity index (χ3n) is 5.17. The molecule has 0 unspecified atom stereocenters. The van der Waals surface area contributed by atoms with Crippen molar-refractivity contribution >= 4 is 17.6 Å². The molecule has 5 heteroatoms. The number of nitrogens with two attached hydrogens (primary N) is 1. The molecular weight excluding hydrogens is 362 g/mol. The van der Waals surface area contributed by atoms with Crippen molar-refractivity contribution < 1.29 is 9.59 Å². The van der Waals surface area contributed by atoms with Gasteiger partial charge >= 0.3 is 0 Å². The summed E-state index contributed by atoms with van der Waals surface area (Å²) in [6, 6.07) is 26.1. The van der Waals surface area contributed by atoms with Gasteiger partial charge in [0.2, 0.25) is 0 Å². The van der Waals surface area contributed by atoms with Gasteiger partial charge < -0.3 is 5.73 Å². The lowest BCUT2D eigenvalue weighted by atomic mass is 9.83. The summed E-state index contributed by atoms with van der Waals surface area (Å²) in [7, 11) is 0. The summed E-state index contributed by atoms with van der Waals surface area (Å²) in [6.07, 6.45) is 0. The highest BCUT2D eigenvalue weighted by atomic mass is 16.2. The molecule has 0 aromatic heterocycles. The predicted molar refractivity (Wildman–Crippen MR) is 112 cm³/mol. The second-order valence-electron chi connectivity index (χ2n) is 7.06. The molecule has 3 aromatic carbocycles. The molecule has 0 saturated heterocycles. The maximum atomic E-state index is 13.7. The van der Waals surface area contributed by atoms with Crippen LogP contribution in [0, 0.1) is 0 Å². The Morgan fingerprint density at radius 3 is 2.07 bits per heavy atom. The van der Waals surface area contributed by atoms with Crippen LogP contribution in [0.4, 0.5) is 0 Å². The maximum Gasteiger partial charge on any atom is 0.266 e. The lowest BCUT2D eigenvalue weighted by Crippen LogP contribution is -2.43. The minimum atomic E-state index is -1.22. The van der Waals surface area contributed by atoms with Gasteiger partial charge in [-0.05, 0) is 29.7 Å². The van der Waals surface area contributed by atoms with Crippen LogP contribution in [0.25, 0.3) is 0 Å². The van der Waals surface area contributed by atoms with Gasteiger partial charge in [0.1, 0.15) is 0 Å². The predicted octanol–water partition coefficient (Wildman–Crippen LogP) is 3.49. The van der Waals surface area contributed by atoms with E-state index in [1.165, 1.54) is 11.8 Å². The Morgan fingerprint density at radius 2 is 1.52 bits per heavy atom. The molecule has 0 radical (unpaired) electrons. The number of aliphatic imine (C=N–C) groups is 1. The monoisotopic (exact) mass is 383 g/mol. The van der Waals surface area contributed by atoms with Crippen LogP contribution >= 0.6 is 0 Å². The molecule has 0 fully saturated rings. The molecule has 0 atom stereocenters. The van der Waals surface area contributed by atoms with Crippen LogP contribution < -0.4 is 5.73 Å². The van der Waals surface area contributed by atoms with Gasteiger partial charge in [-0.2, -0.15) is 0 Å². The molecule has 0 aliphatic carbocycles. The van der Waals surface area contributed by atoms with Gasteiger partial charge in [0.25, 0.3) is 5.91 Å². The average molecular weight is 383 g/mol. The van der Waals surface area contributed by atoms with Crippen LogP contribution in [0.5, 0.6) is 0 Å². The van der Waals surface area contributed by atoms with Crippen molar-refractivity contribution in [1.29, 1.82) is 0 Å². The van der Waals surface area contributed by atoms with Crippen LogP contribution in [0.2, 0.25) is 0 Å². The standard InChI is InChI=1S/C24H21N3O2/c1-17(28)19-10-8-9-18(15-19)16-27-22(29)24(26-23(27)25,20-11-4-2-5-12-20)21-13-6-3-7-14-21/h2-15H,16H2,1H3,(H2,25,26). The zero-order chi connectivity index (χ0) is 20.4. The van der Waals surface area contributed by atoms with Crippen LogP contribution in [0.3, 0.4) is 0 Å². The minimum Gasteiger partial charge on any atom is -0.369 e. The highest BCUT2D eigenvalue weighted by molar-refractivity contribution is 6.09. The Morgan fingerprint density at radius 1 is 0.931 bits per heavy atom. The fourth-order valence-electron chi connectivity index (χ4n) is 3.70. The van der Waals surface area contributed by atoms with E-state index in [9.17, 15) is 9.59 Å². The van der Waals surface area contributed by atoms with Crippen molar-refractivity contribution in [3.63, 3.8) is 0 Å². The summed E-state index contributed by atoms with van der Waals surface area (Å²) in [5.41, 5.74) is 7.98. The van der Waals surface area contributed by atoms with Gasteiger partial charge in [-0.3, -0.25) is 14.5 Å². The quantitative estimate of drug-likeness (QED) is 0.685. The minimum absolute atomic E-state index is 0.0239. The number of Topliss-reactive ketones (excluding diaryl/α,β-unsaturated/α-hetero) is 1. The summed E-state index contributed by atoms with van der Waals surface area (Å²) < 4.78 is 0. The van der Waals surface area contributed by atoms with Crippen molar-refractivity contribution in [3.05, 3.63) is 107 Å². The van der Waals surface area contributed by atoms with Crippen molar-refractivity contribution in [2.24, 2.45) is 10.7 Å². The molecular formula is C24H21N3O2. The lowest BCUT2D eigenvalue weighted by Gasteiger charge is -2.27. The summed E-state index contributed by atoms with van der Waals surface area (Å²) in [4.78, 5) is 31.6. The van der Waals surface area contributed by atoms with Crippen molar-refractivity contribution in [1.82, 2.24) is 4.90 Å². The van der Waals surface area contributed by atoms with Gasteiger partial charge in [0.05, 0.1) is 6.54 Å². The molecule has 2 N–H and O–H groups in total. The molecule has 3 aromatic rings. The fourth-order valence-corrected chi connectivity index (χ4v) is 3.70. The number of guanidine groups is 1. The second-order valence-corrected chi connectivity index (χ2v) is 7.06. The first-order chi connectivity index (χ1) is 14.0. The van der Waals surface area contributed by atoms with E-state index in [1.807, 2.05) is 72.8 Å². The molecule has 1 heterocycles. The Kier molecular flexibility index (Phi) is 4.72. The number of hydrogen-bond acceptors (Lipinski definition) is 4. The Labute approximate surface area is 169 Å². The molecule has 29 heavy (non-hydrogen) atoms. The number of benzene rings is 3. The summed E-state index contributed by atoms with van der Waals surface area (Å²) in [5, 5.41) is 0. The van der Waals surface area contributed by atoms with Gasteiger partial charge in [-0.1, -0.05) is 78.9 Å². The third-order valence-corrected chi connectivity index (χ3v) is 5.17. The SMILES string of the molecule is CC(=O)c1cccc(CN2C(=O)C(c3ccccc3)(c3ccccc3)N=C2N)c1. The molecule has 144 valence electrons. The zero-order valence-electron chi connectivity index (χ0n) is 16.1. The van der Waals surface area contributed by atoms with Gasteiger partial charge in [-0.25, -0.2) is 4.99 Å². The highest BCUT2D eigenvalue weighted by Gasteiger charge is 2.50. The number of hydrogen-bond donors (Lipinski definition) is 1. The first-order valence-electron chi connectivity index (χ1n) is 9.40. The number of amides is 1. The molecule has 1 aliphatic rings. The number of ketones is 1. The molecule has 1 aliphatic heterocycles. The van der Waals surface area contributed by atoms with Gasteiger partial charge in [0.15, 0.2) is 17.3 Å². The molecule has 4 rings (SSSR count). The van der Waals surface area contributed by atoms with Crippen LogP contribution in [0.1, 0.15) is 34.0 Å². The highest BCUT2D eigenvalue weighted by Crippen LogP contribution is 2.39. The Hall–Kier alpha value is -3.73. The average Bonchev–Trinajstić information content (AvgIpc) is 3.01. The Balaban J connectivity index is 1.77. The molecule has 5 nitrogen and oxygen atoms in total. The largest absolute Gasteiger partial charge is 0.369 e. The van der Waals surface area contributed by atoms with E-state index in [4.69, 9.17) is 5.73 Å². The smallest absolute Gasteiger partial charge is 0.266 e. The lowest BCUT2D eigenvalue weighted by molar-refractivity contribution is -0.130. The van der Waals surface area contributed by atoms with Crippen LogP contribution in [-0.4, -0.2) is 22.5 Å². The first-order valence-corrected chi connectivity index (χ1v) is 9.40. The fraction of sp³-hybridized carbons (Fsp3) is 0.125. The maximum absolute atomic E-state index is 13.7. The molecule has 1 amide bonds. The van der Waals surface area contributed by atoms with E-state index in [0.717, 1.165) is 16.7 Å². The second kappa shape index (κ2) is 7.36. The van der Waals surface area contributed by atoms with Crippen LogP contribution in [-0.2, 0) is 16.9 Å². The number of rotatable bonds is 5. The Bertz CT molecular complexity index is 1050. The van der Waals surface area contributed by atoms with Crippen molar-refractivity contribution in [2.75, 3.05) is 0 Å². The van der Waals surface area contributed by atoms with Gasteiger partial charge in [-0.15, -0.1) is 0 Å². The number of carbonyl (C=O) groups is 2. The molecule has 0 saturated carbocycles. The zero-order valence-corrected chi connectivity index (χ0v) is 16.1. The number of nitrogens with zero attached hydrogens (tertiary/aromatic N) is 2. The van der Waals surface area contributed by atoms with Crippen molar-refractivity contribution in [2.45, 2.75) is 19.0 Å². The summed E-state index contributed by atoms with van der Waals surface area (Å²) >= 11 is 0. The molecule has 0 bridgehead atoms. The number of carbonyl (C=O) groups excluding carboxylic acids is 2. The van der Waals surface area contributed by atoms with Crippen LogP contribution in [0.15, 0.2) is 89.9 Å². The van der Waals surface area contributed by atoms with E-state index in [1.54, 1.807) is 12.1 Å². The van der Waals surface area contributed by atoms with E-state index >= 15 is 0 Å². The van der Waals surface area contributed by atoms with Crippen molar-refractivity contribution in [3.8, 4) is 0 Å². The van der Waals surface area contributed by atoms with E-state index < -0.39 is 5.54 Å². The van der Waals surface area contributed by atoms with Gasteiger partial charge in [0, 0.05) is 5.56 Å². The normalized spacial score (nSPS) is 15.3. The first kappa shape index (κ1) is 18.6. The van der Waals surface area contributed by atoms with E-state index in [-0.39, 0.29) is 24.2 Å².